The number of rotatable bonds is 4. The standard InChI is InChI=1S/C20H17BrN2O3S2/c21-16-4-6-17(7-5-16)22-28(25,26)18-3-1-2-14(12-18)20(24)23-10-8-19-15(13-23)9-11-27-19/h1-7,9,11-12,22H,8,10,13H2. The molecule has 3 aromatic rings. The van der Waals surface area contributed by atoms with E-state index in [2.05, 4.69) is 20.7 Å². The van der Waals surface area contributed by atoms with Crippen LogP contribution < -0.4 is 4.72 Å². The number of carbonyl (C=O) groups is 1. The maximum Gasteiger partial charge on any atom is 0.261 e. The van der Waals surface area contributed by atoms with E-state index in [1.54, 1.807) is 52.6 Å². The molecule has 0 saturated carbocycles. The molecule has 1 aliphatic heterocycles. The lowest BCUT2D eigenvalue weighted by atomic mass is 10.1. The van der Waals surface area contributed by atoms with Gasteiger partial charge in [0.05, 0.1) is 4.90 Å². The molecule has 28 heavy (non-hydrogen) atoms. The second kappa shape index (κ2) is 7.69. The van der Waals surface area contributed by atoms with E-state index in [0.29, 0.717) is 24.3 Å². The van der Waals surface area contributed by atoms with E-state index < -0.39 is 10.0 Å². The molecule has 8 heteroatoms. The van der Waals surface area contributed by atoms with Crippen LogP contribution in [0.15, 0.2) is 69.3 Å². The normalized spacial score (nSPS) is 13.8. The average Bonchev–Trinajstić information content (AvgIpc) is 3.17. The SMILES string of the molecule is O=C(c1cccc(S(=O)(=O)Nc2ccc(Br)cc2)c1)N1CCc2sccc2C1. The molecule has 1 N–H and O–H groups in total. The third kappa shape index (κ3) is 3.99. The van der Waals surface area contributed by atoms with Gasteiger partial charge in [0, 0.05) is 33.7 Å². The Kier molecular flexibility index (Phi) is 5.27. The van der Waals surface area contributed by atoms with E-state index >= 15 is 0 Å². The molecular weight excluding hydrogens is 460 g/mol. The Morgan fingerprint density at radius 1 is 1.11 bits per heavy atom. The third-order valence-electron chi connectivity index (χ3n) is 4.58. The highest BCUT2D eigenvalue weighted by molar-refractivity contribution is 9.10. The van der Waals surface area contributed by atoms with Crippen molar-refractivity contribution in [2.45, 2.75) is 17.9 Å². The molecule has 0 unspecified atom stereocenters. The number of anilines is 1. The molecule has 2 heterocycles. The number of nitrogens with one attached hydrogen (secondary N) is 1. The van der Waals surface area contributed by atoms with Crippen molar-refractivity contribution in [1.82, 2.24) is 4.90 Å². The summed E-state index contributed by atoms with van der Waals surface area (Å²) in [4.78, 5) is 16.1. The lowest BCUT2D eigenvalue weighted by Crippen LogP contribution is -2.35. The van der Waals surface area contributed by atoms with Crippen molar-refractivity contribution in [2.75, 3.05) is 11.3 Å². The summed E-state index contributed by atoms with van der Waals surface area (Å²) in [5.74, 6) is -0.155. The maximum absolute atomic E-state index is 12.9. The molecule has 1 aromatic heterocycles. The molecule has 5 nitrogen and oxygen atoms in total. The molecule has 0 bridgehead atoms. The van der Waals surface area contributed by atoms with Gasteiger partial charge in [0.2, 0.25) is 0 Å². The number of halogens is 1. The summed E-state index contributed by atoms with van der Waals surface area (Å²) >= 11 is 5.04. The first kappa shape index (κ1) is 19.2. The summed E-state index contributed by atoms with van der Waals surface area (Å²) in [5.41, 5.74) is 2.00. The van der Waals surface area contributed by atoms with Crippen molar-refractivity contribution in [3.8, 4) is 0 Å². The Balaban J connectivity index is 1.55. The van der Waals surface area contributed by atoms with Gasteiger partial charge in [0.25, 0.3) is 15.9 Å². The Labute approximate surface area is 176 Å². The molecule has 4 rings (SSSR count). The number of fused-ring (bicyclic) bond motifs is 1. The highest BCUT2D eigenvalue weighted by Crippen LogP contribution is 2.26. The molecule has 144 valence electrons. The van der Waals surface area contributed by atoms with Crippen LogP contribution in [0.5, 0.6) is 0 Å². The number of carbonyl (C=O) groups excluding carboxylic acids is 1. The predicted octanol–water partition coefficient (Wildman–Crippen LogP) is 4.51. The average molecular weight is 477 g/mol. The second-order valence-corrected chi connectivity index (χ2v) is 10.1. The molecule has 1 amide bonds. The van der Waals surface area contributed by atoms with Crippen LogP contribution in [0.2, 0.25) is 0 Å². The van der Waals surface area contributed by atoms with Crippen LogP contribution in [0.3, 0.4) is 0 Å². The number of nitrogens with zero attached hydrogens (tertiary/aromatic N) is 1. The first-order valence-electron chi connectivity index (χ1n) is 8.65. The van der Waals surface area contributed by atoms with Gasteiger partial charge in [-0.3, -0.25) is 9.52 Å². The summed E-state index contributed by atoms with van der Waals surface area (Å²) < 4.78 is 28.8. The molecule has 0 fully saturated rings. The Hall–Kier alpha value is -2.16. The molecule has 0 saturated heterocycles. The van der Waals surface area contributed by atoms with Crippen LogP contribution in [-0.4, -0.2) is 25.8 Å². The predicted molar refractivity (Wildman–Crippen MR) is 114 cm³/mol. The zero-order valence-electron chi connectivity index (χ0n) is 14.8. The van der Waals surface area contributed by atoms with Gasteiger partial charge in [0.15, 0.2) is 0 Å². The molecule has 0 aliphatic carbocycles. The number of hydrogen-bond acceptors (Lipinski definition) is 4. The highest BCUT2D eigenvalue weighted by atomic mass is 79.9. The monoisotopic (exact) mass is 476 g/mol. The van der Waals surface area contributed by atoms with Crippen molar-refractivity contribution < 1.29 is 13.2 Å². The van der Waals surface area contributed by atoms with Crippen LogP contribution in [0.4, 0.5) is 5.69 Å². The van der Waals surface area contributed by atoms with Crippen molar-refractivity contribution in [3.05, 3.63) is 80.5 Å². The fourth-order valence-electron chi connectivity index (χ4n) is 3.13. The zero-order valence-corrected chi connectivity index (χ0v) is 18.0. The van der Waals surface area contributed by atoms with Crippen LogP contribution in [0.25, 0.3) is 0 Å². The summed E-state index contributed by atoms with van der Waals surface area (Å²) in [5, 5.41) is 2.04. The fourth-order valence-corrected chi connectivity index (χ4v) is 5.39. The summed E-state index contributed by atoms with van der Waals surface area (Å²) in [7, 11) is -3.79. The number of hydrogen-bond donors (Lipinski definition) is 1. The lowest BCUT2D eigenvalue weighted by molar-refractivity contribution is 0.0735. The Morgan fingerprint density at radius 3 is 2.68 bits per heavy atom. The number of sulfonamides is 1. The summed E-state index contributed by atoms with van der Waals surface area (Å²) in [6.07, 6.45) is 0.835. The van der Waals surface area contributed by atoms with Gasteiger partial charge in [-0.1, -0.05) is 22.0 Å². The van der Waals surface area contributed by atoms with Gasteiger partial charge in [0.1, 0.15) is 0 Å². The number of amides is 1. The van der Waals surface area contributed by atoms with E-state index in [1.807, 2.05) is 11.4 Å². The van der Waals surface area contributed by atoms with Crippen molar-refractivity contribution >= 4 is 48.9 Å². The third-order valence-corrected chi connectivity index (χ3v) is 7.51. The van der Waals surface area contributed by atoms with Gasteiger partial charge in [-0.05, 0) is 65.9 Å². The Morgan fingerprint density at radius 2 is 1.89 bits per heavy atom. The van der Waals surface area contributed by atoms with Gasteiger partial charge in [-0.15, -0.1) is 11.3 Å². The van der Waals surface area contributed by atoms with E-state index in [0.717, 1.165) is 10.9 Å². The highest BCUT2D eigenvalue weighted by Gasteiger charge is 2.24. The van der Waals surface area contributed by atoms with E-state index in [-0.39, 0.29) is 10.8 Å². The quantitative estimate of drug-likeness (QED) is 0.602. The minimum Gasteiger partial charge on any atom is -0.334 e. The maximum atomic E-state index is 12.9. The smallest absolute Gasteiger partial charge is 0.261 e. The second-order valence-electron chi connectivity index (χ2n) is 6.49. The van der Waals surface area contributed by atoms with Crippen LogP contribution in [-0.2, 0) is 23.0 Å². The minimum atomic E-state index is -3.79. The minimum absolute atomic E-state index is 0.0644. The summed E-state index contributed by atoms with van der Waals surface area (Å²) in [6, 6.07) is 15.1. The first-order chi connectivity index (χ1) is 13.4. The largest absolute Gasteiger partial charge is 0.334 e. The summed E-state index contributed by atoms with van der Waals surface area (Å²) in [6.45, 7) is 1.20. The van der Waals surface area contributed by atoms with Gasteiger partial charge in [-0.2, -0.15) is 0 Å². The van der Waals surface area contributed by atoms with Gasteiger partial charge >= 0.3 is 0 Å². The van der Waals surface area contributed by atoms with Crippen molar-refractivity contribution in [1.29, 1.82) is 0 Å². The zero-order chi connectivity index (χ0) is 19.7. The fraction of sp³-hybridized carbons (Fsp3) is 0.150. The van der Waals surface area contributed by atoms with Crippen LogP contribution in [0.1, 0.15) is 20.8 Å². The lowest BCUT2D eigenvalue weighted by Gasteiger charge is -2.27. The van der Waals surface area contributed by atoms with E-state index in [9.17, 15) is 13.2 Å². The molecule has 2 aromatic carbocycles. The van der Waals surface area contributed by atoms with E-state index in [1.165, 1.54) is 22.6 Å². The van der Waals surface area contributed by atoms with E-state index in [4.69, 9.17) is 0 Å². The van der Waals surface area contributed by atoms with Gasteiger partial charge < -0.3 is 4.90 Å². The molecule has 1 aliphatic rings. The Bertz CT molecular complexity index is 1120. The topological polar surface area (TPSA) is 66.5 Å². The van der Waals surface area contributed by atoms with Crippen molar-refractivity contribution in [3.63, 3.8) is 0 Å². The first-order valence-corrected chi connectivity index (χ1v) is 11.8. The molecule has 0 radical (unpaired) electrons. The number of benzene rings is 2. The molecular formula is C20H17BrN2O3S2. The van der Waals surface area contributed by atoms with Crippen LogP contribution in [0, 0.1) is 0 Å². The van der Waals surface area contributed by atoms with Crippen molar-refractivity contribution in [2.24, 2.45) is 0 Å². The molecule has 0 atom stereocenters. The number of thiophene rings is 1. The van der Waals surface area contributed by atoms with Gasteiger partial charge in [-0.25, -0.2) is 8.42 Å². The molecule has 0 spiro atoms. The van der Waals surface area contributed by atoms with Crippen LogP contribution >= 0.6 is 27.3 Å².